The van der Waals surface area contributed by atoms with Crippen LogP contribution in [0.15, 0.2) is 71.8 Å². The van der Waals surface area contributed by atoms with Crippen LogP contribution in [0, 0.1) is 0 Å². The standard InChI is InChI=1S/C26H23N3O7/c1-16(30)28-20-11-9-19(10-12-20)25(32)29-27-15-18-8-13-23(24(14-18)34-3)36-26(33)21-6-4-5-7-22(21)35-17(2)31/h4-15H,1-3H3,(H,28,30)(H,29,32)/b27-15+. The maximum Gasteiger partial charge on any atom is 0.347 e. The Morgan fingerprint density at radius 1 is 0.833 bits per heavy atom. The van der Waals surface area contributed by atoms with E-state index in [2.05, 4.69) is 15.8 Å². The number of nitrogens with zero attached hydrogens (tertiary/aromatic N) is 1. The van der Waals surface area contributed by atoms with E-state index in [-0.39, 0.29) is 28.7 Å². The molecule has 0 bridgehead atoms. The van der Waals surface area contributed by atoms with Crippen molar-refractivity contribution in [2.45, 2.75) is 13.8 Å². The van der Waals surface area contributed by atoms with Gasteiger partial charge in [-0.1, -0.05) is 12.1 Å². The van der Waals surface area contributed by atoms with Crippen LogP contribution in [0.4, 0.5) is 5.69 Å². The number of hydrogen-bond acceptors (Lipinski definition) is 8. The Hall–Kier alpha value is -4.99. The van der Waals surface area contributed by atoms with Gasteiger partial charge < -0.3 is 19.5 Å². The maximum atomic E-state index is 12.7. The number of hydrogen-bond donors (Lipinski definition) is 2. The first-order valence-electron chi connectivity index (χ1n) is 10.7. The summed E-state index contributed by atoms with van der Waals surface area (Å²) in [6.45, 7) is 2.63. The van der Waals surface area contributed by atoms with E-state index in [0.717, 1.165) is 0 Å². The molecule has 3 rings (SSSR count). The molecule has 0 aliphatic rings. The van der Waals surface area contributed by atoms with Gasteiger partial charge in [-0.15, -0.1) is 0 Å². The van der Waals surface area contributed by atoms with Gasteiger partial charge in [0.15, 0.2) is 11.5 Å². The van der Waals surface area contributed by atoms with E-state index in [1.165, 1.54) is 45.4 Å². The minimum Gasteiger partial charge on any atom is -0.493 e. The van der Waals surface area contributed by atoms with Gasteiger partial charge in [0.1, 0.15) is 11.3 Å². The van der Waals surface area contributed by atoms with Crippen LogP contribution in [0.5, 0.6) is 17.2 Å². The fourth-order valence-electron chi connectivity index (χ4n) is 3.02. The van der Waals surface area contributed by atoms with Crippen molar-refractivity contribution in [1.29, 1.82) is 0 Å². The summed E-state index contributed by atoms with van der Waals surface area (Å²) in [6, 6.07) is 17.2. The van der Waals surface area contributed by atoms with E-state index in [1.54, 1.807) is 48.5 Å². The SMILES string of the molecule is COc1cc(/C=N/NC(=O)c2ccc(NC(C)=O)cc2)ccc1OC(=O)c1ccccc1OC(C)=O. The second-order valence-electron chi connectivity index (χ2n) is 7.35. The molecule has 0 atom stereocenters. The molecule has 0 heterocycles. The molecule has 0 unspecified atom stereocenters. The van der Waals surface area contributed by atoms with Crippen molar-refractivity contribution in [3.05, 3.63) is 83.4 Å². The zero-order chi connectivity index (χ0) is 26.1. The highest BCUT2D eigenvalue weighted by atomic mass is 16.6. The number of esters is 2. The minimum atomic E-state index is -0.733. The van der Waals surface area contributed by atoms with Gasteiger partial charge in [0.2, 0.25) is 5.91 Å². The molecule has 0 aromatic heterocycles. The maximum absolute atomic E-state index is 12.7. The van der Waals surface area contributed by atoms with Crippen molar-refractivity contribution in [1.82, 2.24) is 5.43 Å². The Balaban J connectivity index is 1.66. The van der Waals surface area contributed by atoms with Crippen LogP contribution in [-0.2, 0) is 9.59 Å². The molecule has 0 aliphatic heterocycles. The molecular formula is C26H23N3O7. The third kappa shape index (κ3) is 7.00. The van der Waals surface area contributed by atoms with Crippen molar-refractivity contribution < 1.29 is 33.4 Å². The van der Waals surface area contributed by atoms with Crippen molar-refractivity contribution in [2.75, 3.05) is 12.4 Å². The Morgan fingerprint density at radius 2 is 1.56 bits per heavy atom. The minimum absolute atomic E-state index is 0.0770. The number of methoxy groups -OCH3 is 1. The monoisotopic (exact) mass is 489 g/mol. The third-order valence-electron chi connectivity index (χ3n) is 4.60. The average molecular weight is 489 g/mol. The van der Waals surface area contributed by atoms with E-state index < -0.39 is 17.8 Å². The van der Waals surface area contributed by atoms with Crippen molar-refractivity contribution >= 4 is 35.7 Å². The average Bonchev–Trinajstić information content (AvgIpc) is 2.84. The van der Waals surface area contributed by atoms with Gasteiger partial charge in [-0.25, -0.2) is 10.2 Å². The molecule has 0 fully saturated rings. The van der Waals surface area contributed by atoms with E-state index >= 15 is 0 Å². The number of benzene rings is 3. The number of para-hydroxylation sites is 1. The number of amides is 2. The molecule has 3 aromatic carbocycles. The third-order valence-corrected chi connectivity index (χ3v) is 4.60. The smallest absolute Gasteiger partial charge is 0.347 e. The van der Waals surface area contributed by atoms with Crippen LogP contribution in [-0.4, -0.2) is 37.1 Å². The van der Waals surface area contributed by atoms with E-state index in [9.17, 15) is 19.2 Å². The highest BCUT2D eigenvalue weighted by Crippen LogP contribution is 2.29. The Bertz CT molecular complexity index is 1320. The van der Waals surface area contributed by atoms with Crippen LogP contribution in [0.1, 0.15) is 40.1 Å². The molecule has 0 saturated heterocycles. The fourth-order valence-corrected chi connectivity index (χ4v) is 3.02. The number of carbonyl (C=O) groups excluding carboxylic acids is 4. The molecule has 0 radical (unpaired) electrons. The molecule has 10 heteroatoms. The molecule has 184 valence electrons. The first kappa shape index (κ1) is 25.6. The zero-order valence-electron chi connectivity index (χ0n) is 19.7. The van der Waals surface area contributed by atoms with Crippen LogP contribution >= 0.6 is 0 Å². The lowest BCUT2D eigenvalue weighted by Crippen LogP contribution is -2.17. The van der Waals surface area contributed by atoms with E-state index in [1.807, 2.05) is 0 Å². The fraction of sp³-hybridized carbons (Fsp3) is 0.115. The number of carbonyl (C=O) groups is 4. The molecule has 2 amide bonds. The molecule has 36 heavy (non-hydrogen) atoms. The zero-order valence-corrected chi connectivity index (χ0v) is 19.7. The lowest BCUT2D eigenvalue weighted by atomic mass is 10.2. The predicted molar refractivity (Wildman–Crippen MR) is 132 cm³/mol. The van der Waals surface area contributed by atoms with Gasteiger partial charge in [-0.3, -0.25) is 14.4 Å². The number of rotatable bonds is 8. The number of nitrogens with one attached hydrogen (secondary N) is 2. The van der Waals surface area contributed by atoms with Gasteiger partial charge in [0, 0.05) is 25.1 Å². The summed E-state index contributed by atoms with van der Waals surface area (Å²) in [7, 11) is 1.41. The summed E-state index contributed by atoms with van der Waals surface area (Å²) < 4.78 is 15.8. The summed E-state index contributed by atoms with van der Waals surface area (Å²) in [5.74, 6) is -1.48. The molecule has 0 spiro atoms. The summed E-state index contributed by atoms with van der Waals surface area (Å²) >= 11 is 0. The summed E-state index contributed by atoms with van der Waals surface area (Å²) in [5, 5.41) is 6.55. The van der Waals surface area contributed by atoms with Crippen LogP contribution < -0.4 is 25.0 Å². The van der Waals surface area contributed by atoms with Gasteiger partial charge >= 0.3 is 11.9 Å². The molecule has 0 aliphatic carbocycles. The van der Waals surface area contributed by atoms with E-state index in [4.69, 9.17) is 14.2 Å². The Labute approximate surface area is 206 Å². The second-order valence-corrected chi connectivity index (χ2v) is 7.35. The van der Waals surface area contributed by atoms with Crippen molar-refractivity contribution in [3.8, 4) is 17.2 Å². The van der Waals surface area contributed by atoms with Gasteiger partial charge in [0.05, 0.1) is 13.3 Å². The topological polar surface area (TPSA) is 132 Å². The predicted octanol–water partition coefficient (Wildman–Crippen LogP) is 3.56. The lowest BCUT2D eigenvalue weighted by molar-refractivity contribution is -0.131. The largest absolute Gasteiger partial charge is 0.493 e. The first-order valence-corrected chi connectivity index (χ1v) is 10.7. The summed E-state index contributed by atoms with van der Waals surface area (Å²) in [4.78, 5) is 47.3. The number of ether oxygens (including phenoxy) is 3. The quantitative estimate of drug-likeness (QED) is 0.214. The Morgan fingerprint density at radius 3 is 2.22 bits per heavy atom. The number of hydrazone groups is 1. The van der Waals surface area contributed by atoms with Gasteiger partial charge in [-0.2, -0.15) is 5.10 Å². The molecule has 2 N–H and O–H groups in total. The van der Waals surface area contributed by atoms with Crippen LogP contribution in [0.25, 0.3) is 0 Å². The summed E-state index contributed by atoms with van der Waals surface area (Å²) in [6.07, 6.45) is 1.40. The number of anilines is 1. The highest BCUT2D eigenvalue weighted by Gasteiger charge is 2.18. The van der Waals surface area contributed by atoms with Gasteiger partial charge in [0.25, 0.3) is 5.91 Å². The van der Waals surface area contributed by atoms with Crippen LogP contribution in [0.3, 0.4) is 0 Å². The lowest BCUT2D eigenvalue weighted by Gasteiger charge is -2.11. The molecule has 10 nitrogen and oxygen atoms in total. The highest BCUT2D eigenvalue weighted by molar-refractivity contribution is 5.96. The normalized spacial score (nSPS) is 10.4. The second kappa shape index (κ2) is 11.9. The van der Waals surface area contributed by atoms with Crippen LogP contribution in [0.2, 0.25) is 0 Å². The van der Waals surface area contributed by atoms with Crippen molar-refractivity contribution in [3.63, 3.8) is 0 Å². The molecule has 0 saturated carbocycles. The molecular weight excluding hydrogens is 466 g/mol. The first-order chi connectivity index (χ1) is 17.3. The molecule has 3 aromatic rings. The van der Waals surface area contributed by atoms with E-state index in [0.29, 0.717) is 16.8 Å². The van der Waals surface area contributed by atoms with Crippen molar-refractivity contribution in [2.24, 2.45) is 5.10 Å². The van der Waals surface area contributed by atoms with Gasteiger partial charge in [-0.05, 0) is 60.2 Å². The summed E-state index contributed by atoms with van der Waals surface area (Å²) in [5.41, 5.74) is 3.98. The Kier molecular flexibility index (Phi) is 8.49.